The quantitative estimate of drug-likeness (QED) is 0.465. The molecule has 1 saturated heterocycles. The SMILES string of the molecule is CC(C)OC(=O)C1CCN(C(=O)OCc2ccc([N+](=O)[O-])cc2)C1. The van der Waals surface area contributed by atoms with Gasteiger partial charge in [0.1, 0.15) is 6.61 Å². The molecule has 0 aromatic heterocycles. The molecule has 1 aromatic rings. The van der Waals surface area contributed by atoms with Crippen LogP contribution in [0.15, 0.2) is 24.3 Å². The lowest BCUT2D eigenvalue weighted by Crippen LogP contribution is -2.31. The van der Waals surface area contributed by atoms with E-state index in [9.17, 15) is 19.7 Å². The molecule has 1 heterocycles. The summed E-state index contributed by atoms with van der Waals surface area (Å²) >= 11 is 0. The van der Waals surface area contributed by atoms with Crippen molar-refractivity contribution in [3.05, 3.63) is 39.9 Å². The zero-order valence-electron chi connectivity index (χ0n) is 13.6. The summed E-state index contributed by atoms with van der Waals surface area (Å²) in [5, 5.41) is 10.6. The number of esters is 1. The summed E-state index contributed by atoms with van der Waals surface area (Å²) in [7, 11) is 0. The van der Waals surface area contributed by atoms with Gasteiger partial charge in [-0.15, -0.1) is 0 Å². The van der Waals surface area contributed by atoms with E-state index in [0.29, 0.717) is 18.5 Å². The van der Waals surface area contributed by atoms with Crippen molar-refractivity contribution in [1.29, 1.82) is 0 Å². The zero-order chi connectivity index (χ0) is 17.7. The van der Waals surface area contributed by atoms with E-state index in [1.807, 2.05) is 0 Å². The van der Waals surface area contributed by atoms with Crippen LogP contribution in [0.4, 0.5) is 10.5 Å². The number of carbonyl (C=O) groups excluding carboxylic acids is 2. The van der Waals surface area contributed by atoms with Crippen LogP contribution in [-0.2, 0) is 20.9 Å². The number of hydrogen-bond acceptors (Lipinski definition) is 6. The molecule has 1 aliphatic heterocycles. The summed E-state index contributed by atoms with van der Waals surface area (Å²) in [6.45, 7) is 4.31. The molecular formula is C16H20N2O6. The van der Waals surface area contributed by atoms with Crippen LogP contribution in [0, 0.1) is 16.0 Å². The molecule has 0 radical (unpaired) electrons. The highest BCUT2D eigenvalue weighted by Crippen LogP contribution is 2.20. The van der Waals surface area contributed by atoms with Gasteiger partial charge in [0.05, 0.1) is 16.9 Å². The van der Waals surface area contributed by atoms with E-state index >= 15 is 0 Å². The third-order valence-corrected chi connectivity index (χ3v) is 3.64. The summed E-state index contributed by atoms with van der Waals surface area (Å²) in [6, 6.07) is 5.80. The molecule has 0 N–H and O–H groups in total. The Balaban J connectivity index is 1.81. The Morgan fingerprint density at radius 2 is 2.00 bits per heavy atom. The lowest BCUT2D eigenvalue weighted by molar-refractivity contribution is -0.384. The fraction of sp³-hybridized carbons (Fsp3) is 0.500. The molecule has 0 aliphatic carbocycles. The van der Waals surface area contributed by atoms with Gasteiger partial charge in [-0.3, -0.25) is 14.9 Å². The van der Waals surface area contributed by atoms with Crippen molar-refractivity contribution >= 4 is 17.7 Å². The summed E-state index contributed by atoms with van der Waals surface area (Å²) in [4.78, 5) is 35.4. The van der Waals surface area contributed by atoms with E-state index in [4.69, 9.17) is 9.47 Å². The Hall–Kier alpha value is -2.64. The normalized spacial score (nSPS) is 17.0. The van der Waals surface area contributed by atoms with Gasteiger partial charge in [0, 0.05) is 25.2 Å². The minimum atomic E-state index is -0.506. The number of nitro benzene ring substituents is 1. The predicted octanol–water partition coefficient (Wildman–Crippen LogP) is 2.50. The lowest BCUT2D eigenvalue weighted by Gasteiger charge is -2.16. The molecule has 130 valence electrons. The topological polar surface area (TPSA) is 99.0 Å². The second-order valence-electron chi connectivity index (χ2n) is 5.90. The second-order valence-corrected chi connectivity index (χ2v) is 5.90. The van der Waals surface area contributed by atoms with Crippen LogP contribution in [0.3, 0.4) is 0 Å². The first-order valence-corrected chi connectivity index (χ1v) is 7.72. The molecule has 8 nitrogen and oxygen atoms in total. The Bertz CT molecular complexity index is 613. The molecule has 0 spiro atoms. The van der Waals surface area contributed by atoms with Gasteiger partial charge in [-0.2, -0.15) is 0 Å². The van der Waals surface area contributed by atoms with Crippen molar-refractivity contribution in [3.8, 4) is 0 Å². The number of nitro groups is 1. The number of nitrogens with zero attached hydrogens (tertiary/aromatic N) is 2. The molecule has 8 heteroatoms. The molecule has 0 saturated carbocycles. The highest BCUT2D eigenvalue weighted by atomic mass is 16.6. The summed E-state index contributed by atoms with van der Waals surface area (Å²) in [5.41, 5.74) is 0.639. The van der Waals surface area contributed by atoms with E-state index in [0.717, 1.165) is 0 Å². The van der Waals surface area contributed by atoms with Gasteiger partial charge in [0.15, 0.2) is 0 Å². The lowest BCUT2D eigenvalue weighted by atomic mass is 10.1. The number of carbonyl (C=O) groups is 2. The highest BCUT2D eigenvalue weighted by Gasteiger charge is 2.33. The van der Waals surface area contributed by atoms with Crippen molar-refractivity contribution in [3.63, 3.8) is 0 Å². The van der Waals surface area contributed by atoms with E-state index in [2.05, 4.69) is 0 Å². The van der Waals surface area contributed by atoms with Gasteiger partial charge in [-0.1, -0.05) is 0 Å². The summed E-state index contributed by atoms with van der Waals surface area (Å²) in [6.07, 6.45) is -0.133. The average Bonchev–Trinajstić information content (AvgIpc) is 3.02. The van der Waals surface area contributed by atoms with Crippen molar-refractivity contribution in [2.45, 2.75) is 33.0 Å². The number of ether oxygens (including phenoxy) is 2. The third-order valence-electron chi connectivity index (χ3n) is 3.64. The standard InChI is InChI=1S/C16H20N2O6/c1-11(2)24-15(19)13-7-8-17(9-13)16(20)23-10-12-3-5-14(6-4-12)18(21)22/h3-6,11,13H,7-10H2,1-2H3. The predicted molar refractivity (Wildman–Crippen MR) is 84.2 cm³/mol. The van der Waals surface area contributed by atoms with E-state index in [1.54, 1.807) is 13.8 Å². The molecular weight excluding hydrogens is 316 g/mol. The number of non-ortho nitro benzene ring substituents is 1. The Morgan fingerprint density at radius 3 is 2.58 bits per heavy atom. The van der Waals surface area contributed by atoms with Gasteiger partial charge < -0.3 is 14.4 Å². The first kappa shape index (κ1) is 17.7. The fourth-order valence-electron chi connectivity index (χ4n) is 2.40. The molecule has 1 amide bonds. The molecule has 1 unspecified atom stereocenters. The first-order chi connectivity index (χ1) is 11.4. The van der Waals surface area contributed by atoms with Crippen molar-refractivity contribution in [2.24, 2.45) is 5.92 Å². The van der Waals surface area contributed by atoms with Crippen LogP contribution in [0.25, 0.3) is 0 Å². The second kappa shape index (κ2) is 7.76. The van der Waals surface area contributed by atoms with Crippen molar-refractivity contribution < 1.29 is 24.0 Å². The van der Waals surface area contributed by atoms with Crippen molar-refractivity contribution in [1.82, 2.24) is 4.90 Å². The summed E-state index contributed by atoms with van der Waals surface area (Å²) in [5.74, 6) is -0.616. The molecule has 1 aliphatic rings. The number of hydrogen-bond donors (Lipinski definition) is 0. The third kappa shape index (κ3) is 4.68. The maximum Gasteiger partial charge on any atom is 0.410 e. The van der Waals surface area contributed by atoms with E-state index in [-0.39, 0.29) is 36.8 Å². The minimum Gasteiger partial charge on any atom is -0.463 e. The van der Waals surface area contributed by atoms with Crippen LogP contribution in [0.5, 0.6) is 0 Å². The minimum absolute atomic E-state index is 0.0175. The van der Waals surface area contributed by atoms with Gasteiger partial charge in [-0.25, -0.2) is 4.79 Å². The monoisotopic (exact) mass is 336 g/mol. The van der Waals surface area contributed by atoms with Gasteiger partial charge in [-0.05, 0) is 38.0 Å². The molecule has 2 rings (SSSR count). The van der Waals surface area contributed by atoms with E-state index in [1.165, 1.54) is 29.2 Å². The van der Waals surface area contributed by atoms with E-state index < -0.39 is 11.0 Å². The number of amides is 1. The van der Waals surface area contributed by atoms with Crippen LogP contribution < -0.4 is 0 Å². The molecule has 1 aromatic carbocycles. The van der Waals surface area contributed by atoms with Crippen LogP contribution >= 0.6 is 0 Å². The Labute approximate surface area is 139 Å². The number of benzene rings is 1. The maximum atomic E-state index is 12.0. The maximum absolute atomic E-state index is 12.0. The number of likely N-dealkylation sites (tertiary alicyclic amines) is 1. The Kier molecular flexibility index (Phi) is 5.73. The van der Waals surface area contributed by atoms with Crippen molar-refractivity contribution in [2.75, 3.05) is 13.1 Å². The zero-order valence-corrected chi connectivity index (χ0v) is 13.6. The molecule has 1 atom stereocenters. The average molecular weight is 336 g/mol. The van der Waals surface area contributed by atoms with Crippen LogP contribution in [0.2, 0.25) is 0 Å². The smallest absolute Gasteiger partial charge is 0.410 e. The fourth-order valence-corrected chi connectivity index (χ4v) is 2.40. The largest absolute Gasteiger partial charge is 0.463 e. The van der Waals surface area contributed by atoms with Crippen LogP contribution in [0.1, 0.15) is 25.8 Å². The summed E-state index contributed by atoms with van der Waals surface area (Å²) < 4.78 is 10.3. The van der Waals surface area contributed by atoms with Gasteiger partial charge in [0.25, 0.3) is 5.69 Å². The number of rotatable bonds is 5. The highest BCUT2D eigenvalue weighted by molar-refractivity contribution is 5.75. The van der Waals surface area contributed by atoms with Gasteiger partial charge in [0.2, 0.25) is 0 Å². The first-order valence-electron chi connectivity index (χ1n) is 7.72. The van der Waals surface area contributed by atoms with Crippen LogP contribution in [-0.4, -0.2) is 41.1 Å². The van der Waals surface area contributed by atoms with Gasteiger partial charge >= 0.3 is 12.1 Å². The molecule has 0 bridgehead atoms. The molecule has 24 heavy (non-hydrogen) atoms. The molecule has 1 fully saturated rings. The Morgan fingerprint density at radius 1 is 1.33 bits per heavy atom.